The van der Waals surface area contributed by atoms with Crippen LogP contribution < -0.4 is 20.7 Å². The van der Waals surface area contributed by atoms with Crippen molar-refractivity contribution in [2.24, 2.45) is 0 Å². The summed E-state index contributed by atoms with van der Waals surface area (Å²) in [5.74, 6) is -0.232. The van der Waals surface area contributed by atoms with E-state index in [4.69, 9.17) is 17.0 Å². The van der Waals surface area contributed by atoms with Crippen LogP contribution in [0.2, 0.25) is 0 Å². The molecular weight excluding hydrogens is 408 g/mol. The topological polar surface area (TPSA) is 123 Å². The van der Waals surface area contributed by atoms with E-state index < -0.39 is 10.8 Å². The van der Waals surface area contributed by atoms with Crippen LogP contribution in [0.5, 0.6) is 5.75 Å². The van der Waals surface area contributed by atoms with Crippen molar-refractivity contribution in [3.05, 3.63) is 58.6 Å². The lowest BCUT2D eigenvalue weighted by molar-refractivity contribution is -0.384. The van der Waals surface area contributed by atoms with Crippen LogP contribution >= 0.6 is 12.2 Å². The number of anilines is 2. The van der Waals surface area contributed by atoms with Crippen LogP contribution in [0.1, 0.15) is 26.2 Å². The number of ether oxygens (including phenoxy) is 1. The van der Waals surface area contributed by atoms with Gasteiger partial charge in [-0.1, -0.05) is 19.4 Å². The Morgan fingerprint density at radius 2 is 1.73 bits per heavy atom. The van der Waals surface area contributed by atoms with Gasteiger partial charge in [-0.15, -0.1) is 0 Å². The van der Waals surface area contributed by atoms with Crippen molar-refractivity contribution < 1.29 is 19.2 Å². The Labute approximate surface area is 179 Å². The number of nitro benzene ring substituents is 1. The molecule has 0 fully saturated rings. The molecule has 2 aromatic rings. The van der Waals surface area contributed by atoms with E-state index in [0.717, 1.165) is 12.8 Å². The first-order valence-corrected chi connectivity index (χ1v) is 9.66. The number of hydrogen-bond donors (Lipinski definition) is 3. The Hall–Kier alpha value is -3.53. The summed E-state index contributed by atoms with van der Waals surface area (Å²) in [6.07, 6.45) is 2.22. The lowest BCUT2D eigenvalue weighted by Crippen LogP contribution is -2.37. The van der Waals surface area contributed by atoms with Crippen molar-refractivity contribution in [1.82, 2.24) is 5.32 Å². The molecule has 0 atom stereocenters. The number of nitrogens with zero attached hydrogens (tertiary/aromatic N) is 1. The van der Waals surface area contributed by atoms with Gasteiger partial charge in [0, 0.05) is 29.9 Å². The maximum atomic E-state index is 12.0. The van der Waals surface area contributed by atoms with Crippen molar-refractivity contribution in [2.75, 3.05) is 17.2 Å². The Morgan fingerprint density at radius 3 is 2.37 bits per heavy atom. The van der Waals surface area contributed by atoms with Gasteiger partial charge in [0.2, 0.25) is 5.91 Å². The third kappa shape index (κ3) is 7.84. The van der Waals surface area contributed by atoms with Crippen molar-refractivity contribution >= 4 is 46.2 Å². The van der Waals surface area contributed by atoms with E-state index >= 15 is 0 Å². The van der Waals surface area contributed by atoms with Gasteiger partial charge in [0.25, 0.3) is 11.6 Å². The van der Waals surface area contributed by atoms with E-state index in [9.17, 15) is 19.7 Å². The lowest BCUT2D eigenvalue weighted by Gasteiger charge is -2.12. The zero-order chi connectivity index (χ0) is 21.9. The van der Waals surface area contributed by atoms with E-state index in [0.29, 0.717) is 23.5 Å². The SMILES string of the molecule is CCCCC(=O)Nc1cccc(NC(=S)NC(=O)COc2ccc([N+](=O)[O-])cc2)c1. The molecule has 10 heteroatoms. The summed E-state index contributed by atoms with van der Waals surface area (Å²) in [5.41, 5.74) is 1.16. The van der Waals surface area contributed by atoms with E-state index in [1.165, 1.54) is 24.3 Å². The summed E-state index contributed by atoms with van der Waals surface area (Å²) in [7, 11) is 0. The predicted octanol–water partition coefficient (Wildman–Crippen LogP) is 3.62. The Morgan fingerprint density at radius 1 is 1.07 bits per heavy atom. The van der Waals surface area contributed by atoms with Gasteiger partial charge < -0.3 is 15.4 Å². The van der Waals surface area contributed by atoms with Crippen LogP contribution in [0, 0.1) is 10.1 Å². The standard InChI is InChI=1S/C20H22N4O5S/c1-2-3-7-18(25)21-14-5-4-6-15(12-14)22-20(30)23-19(26)13-29-17-10-8-16(9-11-17)24(27)28/h4-6,8-12H,2-3,7,13H2,1H3,(H,21,25)(H2,22,23,26,30). The van der Waals surface area contributed by atoms with Crippen LogP contribution in [0.25, 0.3) is 0 Å². The van der Waals surface area contributed by atoms with E-state index in [2.05, 4.69) is 16.0 Å². The highest BCUT2D eigenvalue weighted by Gasteiger charge is 2.09. The van der Waals surface area contributed by atoms with E-state index in [-0.39, 0.29) is 23.3 Å². The zero-order valence-corrected chi connectivity index (χ0v) is 17.2. The number of hydrogen-bond acceptors (Lipinski definition) is 6. The fraction of sp³-hybridized carbons (Fsp3) is 0.250. The Balaban J connectivity index is 1.80. The average molecular weight is 430 g/mol. The third-order valence-electron chi connectivity index (χ3n) is 3.83. The van der Waals surface area contributed by atoms with Crippen molar-refractivity contribution in [1.29, 1.82) is 0 Å². The second kappa shape index (κ2) is 11.5. The molecule has 0 saturated heterocycles. The van der Waals surface area contributed by atoms with Gasteiger partial charge in [-0.3, -0.25) is 25.0 Å². The molecule has 0 spiro atoms. The molecule has 30 heavy (non-hydrogen) atoms. The largest absolute Gasteiger partial charge is 0.484 e. The monoisotopic (exact) mass is 430 g/mol. The maximum Gasteiger partial charge on any atom is 0.269 e. The molecule has 3 N–H and O–H groups in total. The minimum atomic E-state index is -0.522. The summed E-state index contributed by atoms with van der Waals surface area (Å²) in [4.78, 5) is 33.9. The number of benzene rings is 2. The molecule has 0 aromatic heterocycles. The van der Waals surface area contributed by atoms with Gasteiger partial charge in [0.1, 0.15) is 5.75 Å². The number of carbonyl (C=O) groups is 2. The molecule has 0 aliphatic rings. The molecule has 158 valence electrons. The quantitative estimate of drug-likeness (QED) is 0.315. The highest BCUT2D eigenvalue weighted by molar-refractivity contribution is 7.80. The van der Waals surface area contributed by atoms with Gasteiger partial charge >= 0.3 is 0 Å². The van der Waals surface area contributed by atoms with Gasteiger partial charge in [-0.05, 0) is 49.0 Å². The number of rotatable bonds is 9. The van der Waals surface area contributed by atoms with Crippen LogP contribution in [0.3, 0.4) is 0 Å². The van der Waals surface area contributed by atoms with Gasteiger partial charge in [-0.25, -0.2) is 0 Å². The molecule has 0 radical (unpaired) electrons. The minimum Gasteiger partial charge on any atom is -0.484 e. The fourth-order valence-corrected chi connectivity index (χ4v) is 2.61. The second-order valence-electron chi connectivity index (χ2n) is 6.27. The van der Waals surface area contributed by atoms with E-state index in [1.54, 1.807) is 24.3 Å². The minimum absolute atomic E-state index is 0.0618. The smallest absolute Gasteiger partial charge is 0.269 e. The molecule has 2 amide bonds. The summed E-state index contributed by atoms with van der Waals surface area (Å²) in [6, 6.07) is 12.3. The number of non-ortho nitro benzene ring substituents is 1. The molecule has 2 rings (SSSR count). The maximum absolute atomic E-state index is 12.0. The van der Waals surface area contributed by atoms with Crippen LogP contribution in [-0.4, -0.2) is 28.5 Å². The second-order valence-corrected chi connectivity index (χ2v) is 6.68. The van der Waals surface area contributed by atoms with Crippen molar-refractivity contribution in [3.8, 4) is 5.75 Å². The normalized spacial score (nSPS) is 10.0. The van der Waals surface area contributed by atoms with Crippen molar-refractivity contribution in [2.45, 2.75) is 26.2 Å². The molecule has 0 saturated carbocycles. The number of nitrogens with one attached hydrogen (secondary N) is 3. The average Bonchev–Trinajstić information content (AvgIpc) is 2.71. The molecule has 0 aliphatic carbocycles. The van der Waals surface area contributed by atoms with E-state index in [1.807, 2.05) is 6.92 Å². The van der Waals surface area contributed by atoms with Crippen LogP contribution in [0.15, 0.2) is 48.5 Å². The number of amides is 2. The summed E-state index contributed by atoms with van der Waals surface area (Å²) < 4.78 is 5.28. The molecule has 0 unspecified atom stereocenters. The van der Waals surface area contributed by atoms with Gasteiger partial charge in [0.05, 0.1) is 4.92 Å². The fourth-order valence-electron chi connectivity index (χ4n) is 2.37. The first-order chi connectivity index (χ1) is 14.4. The number of thiocarbonyl (C=S) groups is 1. The predicted molar refractivity (Wildman–Crippen MR) is 118 cm³/mol. The van der Waals surface area contributed by atoms with Crippen molar-refractivity contribution in [3.63, 3.8) is 0 Å². The highest BCUT2D eigenvalue weighted by atomic mass is 32.1. The molecular formula is C20H22N4O5S. The molecule has 0 bridgehead atoms. The molecule has 0 heterocycles. The van der Waals surface area contributed by atoms with Gasteiger partial charge in [0.15, 0.2) is 11.7 Å². The first-order valence-electron chi connectivity index (χ1n) is 9.25. The Bertz CT molecular complexity index is 918. The highest BCUT2D eigenvalue weighted by Crippen LogP contribution is 2.17. The summed E-state index contributed by atoms with van der Waals surface area (Å²) in [6.45, 7) is 1.71. The number of nitro groups is 1. The third-order valence-corrected chi connectivity index (χ3v) is 4.04. The Kier molecular flexibility index (Phi) is 8.70. The zero-order valence-electron chi connectivity index (χ0n) is 16.3. The molecule has 9 nitrogen and oxygen atoms in total. The number of unbranched alkanes of at least 4 members (excludes halogenated alkanes) is 1. The first kappa shape index (κ1) is 22.8. The summed E-state index contributed by atoms with van der Waals surface area (Å²) in [5, 5.41) is 18.8. The van der Waals surface area contributed by atoms with Gasteiger partial charge in [-0.2, -0.15) is 0 Å². The molecule has 0 aliphatic heterocycles. The summed E-state index contributed by atoms with van der Waals surface area (Å²) >= 11 is 5.12. The lowest BCUT2D eigenvalue weighted by atomic mass is 10.2. The molecule has 2 aromatic carbocycles. The number of carbonyl (C=O) groups excluding carboxylic acids is 2. The van der Waals surface area contributed by atoms with Crippen LogP contribution in [0.4, 0.5) is 17.1 Å². The van der Waals surface area contributed by atoms with Crippen LogP contribution in [-0.2, 0) is 9.59 Å².